The minimum absolute atomic E-state index is 1.63. The maximum absolute atomic E-state index is 8.23. The quantitative estimate of drug-likeness (QED) is 0.329. The molecule has 0 aliphatic carbocycles. The molecule has 0 radical (unpaired) electrons. The number of rotatable bonds is 0. The number of hydrogen-bond acceptors (Lipinski definition) is 1. The SMILES string of the molecule is CC#CC#CC#CC#CC#CC#CC#CC#CC#CC#CC#CC#CC#CC#CC#CC#CC#CC#CC#CC#CC#CC#CC#CC#CC#CC#CC#CC#CC#CC#CC#CC#CC#CC#CC#CC#CC#CC#CC#CC#CC#CC#CC#CC#CC#CC#CC#CC#CC#CC#CC#CC#CC#CC#CC#CC#CC#CC#N. The lowest BCUT2D eigenvalue weighted by molar-refractivity contribution is 1.55. The number of hydrogen-bond donors (Lipinski definition) is 0. The van der Waals surface area contributed by atoms with Crippen LogP contribution in [0.4, 0.5) is 0 Å². The first-order valence-corrected chi connectivity index (χ1v) is 29.2. The minimum atomic E-state index is 1.63. The highest BCUT2D eigenvalue weighted by molar-refractivity contribution is 5.57. The zero-order valence-electron chi connectivity index (χ0n) is 58.9. The Morgan fingerprint density at radius 3 is 0.154 bits per heavy atom. The molecule has 0 unspecified atom stereocenters. The summed E-state index contributed by atoms with van der Waals surface area (Å²) in [5, 5.41) is 8.23. The van der Waals surface area contributed by atoms with Crippen LogP contribution in [0.2, 0.25) is 0 Å². The van der Waals surface area contributed by atoms with E-state index in [4.69, 9.17) is 5.26 Å². The molecule has 0 saturated heterocycles. The van der Waals surface area contributed by atoms with Crippen molar-refractivity contribution < 1.29 is 0 Å². The van der Waals surface area contributed by atoms with Crippen molar-refractivity contribution in [1.29, 1.82) is 5.26 Å². The Kier molecular flexibility index (Phi) is 70.6. The van der Waals surface area contributed by atoms with Crippen LogP contribution in [0.1, 0.15) is 6.92 Å². The molecule has 0 aromatic carbocycles. The van der Waals surface area contributed by atoms with E-state index >= 15 is 0 Å². The molecule has 1 heteroatoms. The van der Waals surface area contributed by atoms with E-state index in [0.717, 1.165) is 0 Å². The van der Waals surface area contributed by atoms with E-state index in [9.17, 15) is 0 Å². The van der Waals surface area contributed by atoms with Gasteiger partial charge in [0, 0.05) is 622 Å². The zero-order chi connectivity index (χ0) is 83.3. The molecule has 0 bridgehead atoms. The van der Waals surface area contributed by atoms with E-state index < -0.39 is 0 Å². The Morgan fingerprint density at radius 2 is 0.111 bits per heavy atom. The van der Waals surface area contributed by atoms with Gasteiger partial charge in [-0.15, -0.1) is 0 Å². The fourth-order valence-corrected chi connectivity index (χ4v) is 3.56. The second-order valence-electron chi connectivity index (χ2n) is 14.5. The molecule has 472 valence electrons. The average molecular weight is 1410 g/mol. The van der Waals surface area contributed by atoms with Crippen LogP contribution < -0.4 is 0 Å². The first kappa shape index (κ1) is 91.4. The van der Waals surface area contributed by atoms with Gasteiger partial charge in [0.15, 0.2) is 6.07 Å². The van der Waals surface area contributed by atoms with Gasteiger partial charge in [0.1, 0.15) is 0 Å². The summed E-state index contributed by atoms with van der Waals surface area (Å²) < 4.78 is 0. The van der Waals surface area contributed by atoms with Crippen molar-refractivity contribution in [2.24, 2.45) is 0 Å². The smallest absolute Gasteiger partial charge is 0.153 e. The lowest BCUT2D eigenvalue weighted by atomic mass is 10.4. The van der Waals surface area contributed by atoms with E-state index in [-0.39, 0.29) is 0 Å². The Balaban J connectivity index is 4.65. The van der Waals surface area contributed by atoms with Gasteiger partial charge in [0.25, 0.3) is 0 Å². The third kappa shape index (κ3) is 90.4. The first-order valence-electron chi connectivity index (χ1n) is 29.2. The van der Waals surface area contributed by atoms with Gasteiger partial charge in [-0.1, -0.05) is 5.92 Å². The lowest BCUT2D eigenvalue weighted by Crippen LogP contribution is -1.57. The second-order valence-corrected chi connectivity index (χ2v) is 14.5. The van der Waals surface area contributed by atoms with Gasteiger partial charge in [0.05, 0.1) is 0 Å². The normalized spacial score (nSPS) is 3.97. The zero-order valence-corrected chi connectivity index (χ0v) is 58.9. The van der Waals surface area contributed by atoms with E-state index in [1.807, 2.05) is 0 Å². The highest BCUT2D eigenvalue weighted by Crippen LogP contribution is 1.69. The molecule has 1 nitrogen and oxygen atoms in total. The molecule has 0 aromatic rings. The molecule has 0 N–H and O–H groups in total. The van der Waals surface area contributed by atoms with Crippen LogP contribution in [-0.2, 0) is 0 Å². The molecule has 0 heterocycles. The molecular formula is C116H3N. The maximum Gasteiger partial charge on any atom is 0.153 e. The minimum Gasteiger partial charge on any atom is -0.183 e. The Hall–Kier alpha value is -25.6. The van der Waals surface area contributed by atoms with Crippen LogP contribution in [0.3, 0.4) is 0 Å². The average Bonchev–Trinajstić information content (AvgIpc) is 2.46. The van der Waals surface area contributed by atoms with E-state index in [1.165, 1.54) is 0 Å². The predicted molar refractivity (Wildman–Crippen MR) is 455 cm³/mol. The van der Waals surface area contributed by atoms with Gasteiger partial charge in [-0.05, 0) is 54.3 Å². The van der Waals surface area contributed by atoms with Crippen LogP contribution in [0.25, 0.3) is 0 Å². The third-order valence-electron chi connectivity index (χ3n) is 7.18. The fourth-order valence-electron chi connectivity index (χ4n) is 3.56. The molecule has 117 heavy (non-hydrogen) atoms. The summed E-state index contributed by atoms with van der Waals surface area (Å²) in [6.45, 7) is 1.68. The van der Waals surface area contributed by atoms with Crippen molar-refractivity contribution >= 4 is 0 Å². The molecule has 0 amide bonds. The molecule has 0 fully saturated rings. The molecule has 0 aromatic heterocycles. The summed E-state index contributed by atoms with van der Waals surface area (Å²) >= 11 is 0. The van der Waals surface area contributed by atoms with Gasteiger partial charge >= 0.3 is 0 Å². The summed E-state index contributed by atoms with van der Waals surface area (Å²) in [5.41, 5.74) is 0. The van der Waals surface area contributed by atoms with Crippen LogP contribution in [0.5, 0.6) is 0 Å². The third-order valence-corrected chi connectivity index (χ3v) is 7.18. The van der Waals surface area contributed by atoms with Crippen molar-refractivity contribution in [1.82, 2.24) is 0 Å². The van der Waals surface area contributed by atoms with E-state index in [2.05, 4.69) is 675 Å². The van der Waals surface area contributed by atoms with E-state index in [1.54, 1.807) is 13.0 Å². The summed E-state index contributed by atoms with van der Waals surface area (Å²) in [4.78, 5) is 0. The fraction of sp³-hybridized carbons (Fsp3) is 0.00862. The van der Waals surface area contributed by atoms with Crippen molar-refractivity contribution in [3.8, 4) is 681 Å². The summed E-state index contributed by atoms with van der Waals surface area (Å²) in [7, 11) is 0. The predicted octanol–water partition coefficient (Wildman–Crippen LogP) is 0.724. The number of nitrogens with zero attached hydrogens (tertiary/aromatic N) is 1. The standard InChI is InChI=1S/C116H3N/c1-2-3-4-5-6-7-8-9-10-11-12-13-14-15-16-17-18-19-20-21-22-23-24-25-26-27-28-29-30-31-32-33-34-35-36-37-38-39-40-41-42-43-44-45-46-47-48-49-50-51-52-53-54-55-56-57-58-59-60-61-62-63-64-65-66-67-68-69-70-71-72-73-74-75-76-77-78-79-80-81-82-83-84-85-86-87-88-89-90-91-92-93-94-95-96-97-98-99-100-101-102-103-104-105-106-107-108-109-110-111-112-113-114-115-116-117/h1H3. The Bertz CT molecular complexity index is 8250. The molecule has 0 aliphatic heterocycles. The highest BCUT2D eigenvalue weighted by Gasteiger charge is 1.69. The molecular weight excluding hydrogens is 1410 g/mol. The molecule has 0 saturated carbocycles. The maximum atomic E-state index is 8.23. The van der Waals surface area contributed by atoms with Gasteiger partial charge in [-0.3, -0.25) is 0 Å². The van der Waals surface area contributed by atoms with Crippen molar-refractivity contribution in [3.05, 3.63) is 0 Å². The summed E-state index contributed by atoms with van der Waals surface area (Å²) in [6, 6.07) is 1.63. The largest absolute Gasteiger partial charge is 0.183 e. The van der Waals surface area contributed by atoms with Crippen LogP contribution in [0.15, 0.2) is 0 Å². The van der Waals surface area contributed by atoms with E-state index in [0.29, 0.717) is 0 Å². The van der Waals surface area contributed by atoms with Gasteiger partial charge in [-0.25, -0.2) is 0 Å². The van der Waals surface area contributed by atoms with Crippen LogP contribution in [0, 0.1) is 686 Å². The topological polar surface area (TPSA) is 23.8 Å². The van der Waals surface area contributed by atoms with Crippen LogP contribution in [-0.4, -0.2) is 0 Å². The van der Waals surface area contributed by atoms with Gasteiger partial charge in [-0.2, -0.15) is 5.26 Å². The summed E-state index contributed by atoms with van der Waals surface area (Å²) in [6.07, 6.45) is 0. The Labute approximate surface area is 688 Å². The van der Waals surface area contributed by atoms with Crippen molar-refractivity contribution in [2.45, 2.75) is 6.92 Å². The molecule has 0 rings (SSSR count). The molecule has 0 aliphatic rings. The molecule has 0 atom stereocenters. The van der Waals surface area contributed by atoms with Gasteiger partial charge in [0.2, 0.25) is 0 Å². The first-order chi connectivity index (χ1) is 58.4. The molecule has 0 spiro atoms. The summed E-state index contributed by atoms with van der Waals surface area (Å²) in [5.74, 6) is 284. The lowest BCUT2D eigenvalue weighted by Gasteiger charge is -1.58. The van der Waals surface area contributed by atoms with Crippen molar-refractivity contribution in [2.75, 3.05) is 0 Å². The monoisotopic (exact) mass is 1410 g/mol. The number of nitriles is 1. The van der Waals surface area contributed by atoms with Gasteiger partial charge < -0.3 is 0 Å². The second kappa shape index (κ2) is 90.4. The highest BCUT2D eigenvalue weighted by atomic mass is 14.2. The van der Waals surface area contributed by atoms with Crippen LogP contribution >= 0.6 is 0 Å². The van der Waals surface area contributed by atoms with Crippen molar-refractivity contribution in [3.63, 3.8) is 0 Å². The Morgan fingerprint density at radius 1 is 0.0684 bits per heavy atom.